The van der Waals surface area contributed by atoms with Gasteiger partial charge in [0, 0.05) is 19.4 Å². The lowest BCUT2D eigenvalue weighted by atomic mass is 9.83. The first-order chi connectivity index (χ1) is 11.5. The van der Waals surface area contributed by atoms with Crippen LogP contribution in [0.5, 0.6) is 0 Å². The maximum atomic E-state index is 12.9. The fourth-order valence-electron chi connectivity index (χ4n) is 3.41. The molecule has 2 aliphatic rings. The van der Waals surface area contributed by atoms with Crippen LogP contribution in [0.3, 0.4) is 0 Å². The Labute approximate surface area is 142 Å². The Kier molecular flexibility index (Phi) is 3.23. The van der Waals surface area contributed by atoms with Gasteiger partial charge in [-0.25, -0.2) is 4.99 Å². The summed E-state index contributed by atoms with van der Waals surface area (Å²) >= 11 is 0. The molecule has 1 aliphatic carbocycles. The lowest BCUT2D eigenvalue weighted by molar-refractivity contribution is -0.131. The van der Waals surface area contributed by atoms with E-state index in [1.165, 1.54) is 4.90 Å². The molecular formula is C18H17BN4O. The van der Waals surface area contributed by atoms with Crippen LogP contribution in [0.4, 0.5) is 0 Å². The number of carbonyl (C=O) groups excluding carboxylic acids is 1. The third-order valence-electron chi connectivity index (χ3n) is 4.83. The van der Waals surface area contributed by atoms with Gasteiger partial charge in [0.1, 0.15) is 7.85 Å². The van der Waals surface area contributed by atoms with Crippen molar-refractivity contribution in [2.45, 2.75) is 18.4 Å². The molecule has 2 aromatic rings. The van der Waals surface area contributed by atoms with Gasteiger partial charge in [0.05, 0.1) is 0 Å². The van der Waals surface area contributed by atoms with Crippen molar-refractivity contribution in [1.29, 1.82) is 0 Å². The SMILES string of the molecule is [B]c1cncc(-c2cccc([C@]3(C4CC4)N=C(N)N(C)C3=O)c2)c1. The molecule has 1 aromatic carbocycles. The highest BCUT2D eigenvalue weighted by Crippen LogP contribution is 2.51. The second-order valence-electron chi connectivity index (χ2n) is 6.46. The van der Waals surface area contributed by atoms with Gasteiger partial charge < -0.3 is 5.73 Å². The molecular weight excluding hydrogens is 299 g/mol. The molecule has 6 heteroatoms. The maximum absolute atomic E-state index is 12.9. The van der Waals surface area contributed by atoms with E-state index < -0.39 is 5.54 Å². The highest BCUT2D eigenvalue weighted by Gasteiger charge is 2.57. The van der Waals surface area contributed by atoms with Gasteiger partial charge in [0.25, 0.3) is 5.91 Å². The highest BCUT2D eigenvalue weighted by molar-refractivity contribution is 6.32. The largest absolute Gasteiger partial charge is 0.369 e. The van der Waals surface area contributed by atoms with Crippen molar-refractivity contribution in [3.63, 3.8) is 0 Å². The normalized spacial score (nSPS) is 23.5. The number of aliphatic imine (C=N–C) groups is 1. The summed E-state index contributed by atoms with van der Waals surface area (Å²) in [5, 5.41) is 0. The van der Waals surface area contributed by atoms with Crippen LogP contribution in [-0.2, 0) is 10.3 Å². The Hall–Kier alpha value is -2.63. The molecule has 1 aromatic heterocycles. The van der Waals surface area contributed by atoms with Crippen molar-refractivity contribution in [2.75, 3.05) is 7.05 Å². The van der Waals surface area contributed by atoms with E-state index in [1.807, 2.05) is 30.3 Å². The zero-order chi connectivity index (χ0) is 16.9. The molecule has 1 amide bonds. The van der Waals surface area contributed by atoms with E-state index in [1.54, 1.807) is 19.4 Å². The molecule has 1 saturated carbocycles. The van der Waals surface area contributed by atoms with Crippen LogP contribution < -0.4 is 11.2 Å². The van der Waals surface area contributed by atoms with Gasteiger partial charge in [-0.15, -0.1) is 0 Å². The molecule has 0 bridgehead atoms. The summed E-state index contributed by atoms with van der Waals surface area (Å²) in [7, 11) is 7.51. The Bertz CT molecular complexity index is 862. The standard InChI is InChI=1S/C18H17BN4O/c1-23-16(24)18(13-5-6-13,22-17(23)20)14-4-2-3-11(7-14)12-8-15(19)10-21-9-12/h2-4,7-10,13H,5-6H2,1H3,(H2,20,22)/t18-/m0/s1. The first-order valence-electron chi connectivity index (χ1n) is 7.97. The van der Waals surface area contributed by atoms with Gasteiger partial charge in [-0.05, 0) is 41.5 Å². The molecule has 1 atom stereocenters. The van der Waals surface area contributed by atoms with Gasteiger partial charge in [-0.2, -0.15) is 0 Å². The van der Waals surface area contributed by atoms with E-state index in [4.69, 9.17) is 13.6 Å². The summed E-state index contributed by atoms with van der Waals surface area (Å²) in [5.74, 6) is 0.441. The molecule has 2 heterocycles. The average molecular weight is 316 g/mol. The van der Waals surface area contributed by atoms with Gasteiger partial charge in [-0.1, -0.05) is 29.7 Å². The molecule has 118 valence electrons. The van der Waals surface area contributed by atoms with Crippen LogP contribution in [0.2, 0.25) is 0 Å². The van der Waals surface area contributed by atoms with Crippen LogP contribution in [0, 0.1) is 5.92 Å². The summed E-state index contributed by atoms with van der Waals surface area (Å²) in [6, 6.07) is 9.75. The number of amides is 1. The number of likely N-dealkylation sites (N-methyl/N-ethyl adjacent to an activating group) is 1. The fourth-order valence-corrected chi connectivity index (χ4v) is 3.41. The number of carbonyl (C=O) groups is 1. The van der Waals surface area contributed by atoms with Gasteiger partial charge in [0.15, 0.2) is 11.5 Å². The summed E-state index contributed by atoms with van der Waals surface area (Å²) in [6.45, 7) is 0. The second kappa shape index (κ2) is 5.19. The number of guanidine groups is 1. The molecule has 2 N–H and O–H groups in total. The van der Waals surface area contributed by atoms with Crippen molar-refractivity contribution in [3.05, 3.63) is 48.3 Å². The molecule has 0 saturated heterocycles. The molecule has 5 nitrogen and oxygen atoms in total. The average Bonchev–Trinajstić information content (AvgIpc) is 3.40. The minimum Gasteiger partial charge on any atom is -0.369 e. The summed E-state index contributed by atoms with van der Waals surface area (Å²) in [5.41, 5.74) is 8.42. The van der Waals surface area contributed by atoms with E-state index in [0.29, 0.717) is 5.46 Å². The monoisotopic (exact) mass is 316 g/mol. The van der Waals surface area contributed by atoms with Crippen LogP contribution in [0.15, 0.2) is 47.7 Å². The summed E-state index contributed by atoms with van der Waals surface area (Å²) in [4.78, 5) is 23.1. The predicted molar refractivity (Wildman–Crippen MR) is 93.9 cm³/mol. The minimum atomic E-state index is -0.886. The van der Waals surface area contributed by atoms with Crippen molar-refractivity contribution < 1.29 is 4.79 Å². The van der Waals surface area contributed by atoms with Crippen LogP contribution >= 0.6 is 0 Å². The number of rotatable bonds is 3. The summed E-state index contributed by atoms with van der Waals surface area (Å²) in [6.07, 6.45) is 5.35. The third kappa shape index (κ3) is 2.13. The number of aromatic nitrogens is 1. The van der Waals surface area contributed by atoms with Crippen LogP contribution in [-0.4, -0.2) is 36.6 Å². The van der Waals surface area contributed by atoms with Crippen molar-refractivity contribution in [1.82, 2.24) is 9.88 Å². The number of pyridine rings is 1. The third-order valence-corrected chi connectivity index (χ3v) is 4.83. The lowest BCUT2D eigenvalue weighted by Gasteiger charge is -2.25. The Morgan fingerprint density at radius 3 is 2.67 bits per heavy atom. The van der Waals surface area contributed by atoms with Crippen molar-refractivity contribution >= 4 is 25.2 Å². The number of hydrogen-bond acceptors (Lipinski definition) is 4. The lowest BCUT2D eigenvalue weighted by Crippen LogP contribution is -2.41. The smallest absolute Gasteiger partial charge is 0.261 e. The van der Waals surface area contributed by atoms with Crippen LogP contribution in [0.1, 0.15) is 18.4 Å². The molecule has 2 radical (unpaired) electrons. The maximum Gasteiger partial charge on any atom is 0.261 e. The van der Waals surface area contributed by atoms with E-state index in [9.17, 15) is 4.79 Å². The minimum absolute atomic E-state index is 0.0506. The fraction of sp³-hybridized carbons (Fsp3) is 0.278. The number of nitrogens with zero attached hydrogens (tertiary/aromatic N) is 3. The second-order valence-corrected chi connectivity index (χ2v) is 6.46. The van der Waals surface area contributed by atoms with E-state index in [2.05, 4.69) is 9.98 Å². The van der Waals surface area contributed by atoms with Gasteiger partial charge in [-0.3, -0.25) is 14.7 Å². The first kappa shape index (κ1) is 14.9. The summed E-state index contributed by atoms with van der Waals surface area (Å²) < 4.78 is 0. The number of nitrogens with two attached hydrogens (primary N) is 1. The predicted octanol–water partition coefficient (Wildman–Crippen LogP) is 0.934. The van der Waals surface area contributed by atoms with Crippen molar-refractivity contribution in [3.8, 4) is 11.1 Å². The Morgan fingerprint density at radius 1 is 1.25 bits per heavy atom. The first-order valence-corrected chi connectivity index (χ1v) is 7.97. The van der Waals surface area contributed by atoms with Crippen molar-refractivity contribution in [2.24, 2.45) is 16.6 Å². The van der Waals surface area contributed by atoms with Gasteiger partial charge >= 0.3 is 0 Å². The molecule has 0 unspecified atom stereocenters. The molecule has 1 aliphatic heterocycles. The Balaban J connectivity index is 1.84. The van der Waals surface area contributed by atoms with E-state index in [-0.39, 0.29) is 17.8 Å². The van der Waals surface area contributed by atoms with E-state index in [0.717, 1.165) is 29.5 Å². The van der Waals surface area contributed by atoms with Gasteiger partial charge in [0.2, 0.25) is 0 Å². The number of benzene rings is 1. The molecule has 1 fully saturated rings. The molecule has 0 spiro atoms. The Morgan fingerprint density at radius 2 is 2.04 bits per heavy atom. The topological polar surface area (TPSA) is 71.6 Å². The van der Waals surface area contributed by atoms with E-state index >= 15 is 0 Å². The zero-order valence-electron chi connectivity index (χ0n) is 13.4. The molecule has 4 rings (SSSR count). The zero-order valence-corrected chi connectivity index (χ0v) is 13.4. The highest BCUT2D eigenvalue weighted by atomic mass is 16.2. The quantitative estimate of drug-likeness (QED) is 0.857. The number of hydrogen-bond donors (Lipinski definition) is 1. The molecule has 24 heavy (non-hydrogen) atoms. The van der Waals surface area contributed by atoms with Crippen LogP contribution in [0.25, 0.3) is 11.1 Å².